The van der Waals surface area contributed by atoms with E-state index >= 15 is 0 Å². The molecule has 2 fully saturated rings. The summed E-state index contributed by atoms with van der Waals surface area (Å²) >= 11 is 0. The second kappa shape index (κ2) is 13.0. The van der Waals surface area contributed by atoms with Crippen molar-refractivity contribution < 1.29 is 9.47 Å². The standard InChI is InChI=1S/C25H41N5O2.HI/c1-4-26-25(28-21-10-13-30(18-21)22-7-5-6-8-22)27-11-14-29-12-9-19-15-23(31-2)24(32-3)16-20(19)17-29;/h15-16,21-22H,4-14,17-18H2,1-3H3,(H2,26,27,28);1H. The largest absolute Gasteiger partial charge is 0.493 e. The molecule has 1 aliphatic carbocycles. The minimum Gasteiger partial charge on any atom is -0.493 e. The average Bonchev–Trinajstić information content (AvgIpc) is 3.50. The molecule has 33 heavy (non-hydrogen) atoms. The van der Waals surface area contributed by atoms with Gasteiger partial charge in [0, 0.05) is 51.4 Å². The lowest BCUT2D eigenvalue weighted by atomic mass is 9.99. The summed E-state index contributed by atoms with van der Waals surface area (Å²) in [5, 5.41) is 7.15. The van der Waals surface area contributed by atoms with E-state index in [2.05, 4.69) is 39.5 Å². The zero-order valence-corrected chi connectivity index (χ0v) is 22.9. The third kappa shape index (κ3) is 6.88. The van der Waals surface area contributed by atoms with E-state index < -0.39 is 0 Å². The van der Waals surface area contributed by atoms with E-state index in [4.69, 9.17) is 14.5 Å². The van der Waals surface area contributed by atoms with Crippen molar-refractivity contribution >= 4 is 29.9 Å². The van der Waals surface area contributed by atoms with Gasteiger partial charge in [-0.05, 0) is 55.9 Å². The molecule has 2 heterocycles. The van der Waals surface area contributed by atoms with E-state index in [1.54, 1.807) is 14.2 Å². The fourth-order valence-corrected chi connectivity index (χ4v) is 5.46. The van der Waals surface area contributed by atoms with Crippen LogP contribution in [0, 0.1) is 0 Å². The first-order valence-electron chi connectivity index (χ1n) is 12.4. The molecule has 2 N–H and O–H groups in total. The Kier molecular flexibility index (Phi) is 10.4. The van der Waals surface area contributed by atoms with Gasteiger partial charge in [-0.25, -0.2) is 0 Å². The first kappa shape index (κ1) is 26.3. The van der Waals surface area contributed by atoms with Gasteiger partial charge in [0.2, 0.25) is 0 Å². The second-order valence-corrected chi connectivity index (χ2v) is 9.33. The summed E-state index contributed by atoms with van der Waals surface area (Å²) in [6.45, 7) is 9.17. The number of guanidine groups is 1. The third-order valence-electron chi connectivity index (χ3n) is 7.23. The predicted octanol–water partition coefficient (Wildman–Crippen LogP) is 3.25. The Morgan fingerprint density at radius 1 is 1.06 bits per heavy atom. The van der Waals surface area contributed by atoms with Crippen LogP contribution >= 0.6 is 24.0 Å². The smallest absolute Gasteiger partial charge is 0.191 e. The Morgan fingerprint density at radius 3 is 2.48 bits per heavy atom. The van der Waals surface area contributed by atoms with Crippen LogP contribution in [0.4, 0.5) is 0 Å². The number of benzene rings is 1. The highest BCUT2D eigenvalue weighted by molar-refractivity contribution is 14.0. The Bertz CT molecular complexity index is 784. The molecule has 0 radical (unpaired) electrons. The summed E-state index contributed by atoms with van der Waals surface area (Å²) in [5.41, 5.74) is 2.70. The number of aliphatic imine (C=N–C) groups is 1. The van der Waals surface area contributed by atoms with Gasteiger partial charge < -0.3 is 20.1 Å². The van der Waals surface area contributed by atoms with Crippen LogP contribution in [0.5, 0.6) is 11.5 Å². The number of nitrogens with zero attached hydrogens (tertiary/aromatic N) is 3. The molecule has 1 aromatic carbocycles. The number of fused-ring (bicyclic) bond motifs is 1. The van der Waals surface area contributed by atoms with E-state index in [1.165, 1.54) is 49.8 Å². The normalized spacial score (nSPS) is 22.0. The number of ether oxygens (including phenoxy) is 2. The molecule has 7 nitrogen and oxygen atoms in total. The lowest BCUT2D eigenvalue weighted by Gasteiger charge is -2.29. The minimum absolute atomic E-state index is 0. The first-order chi connectivity index (χ1) is 15.7. The van der Waals surface area contributed by atoms with E-state index in [-0.39, 0.29) is 24.0 Å². The quantitative estimate of drug-likeness (QED) is 0.284. The highest BCUT2D eigenvalue weighted by Crippen LogP contribution is 2.33. The number of halogens is 1. The lowest BCUT2D eigenvalue weighted by Crippen LogP contribution is -2.45. The van der Waals surface area contributed by atoms with Crippen LogP contribution < -0.4 is 20.1 Å². The molecule has 3 aliphatic rings. The number of likely N-dealkylation sites (tertiary alicyclic amines) is 1. The minimum atomic E-state index is 0. The summed E-state index contributed by atoms with van der Waals surface area (Å²) in [7, 11) is 3.40. The predicted molar refractivity (Wildman–Crippen MR) is 145 cm³/mol. The number of nitrogens with one attached hydrogen (secondary N) is 2. The molecular weight excluding hydrogens is 529 g/mol. The van der Waals surface area contributed by atoms with Crippen molar-refractivity contribution in [3.8, 4) is 11.5 Å². The zero-order chi connectivity index (χ0) is 22.3. The van der Waals surface area contributed by atoms with Crippen LogP contribution in [0.25, 0.3) is 0 Å². The van der Waals surface area contributed by atoms with Crippen molar-refractivity contribution in [2.75, 3.05) is 53.5 Å². The van der Waals surface area contributed by atoms with Crippen LogP contribution in [0.3, 0.4) is 0 Å². The Hall–Kier alpha value is -1.26. The van der Waals surface area contributed by atoms with Crippen LogP contribution in [0.2, 0.25) is 0 Å². The van der Waals surface area contributed by atoms with Crippen molar-refractivity contribution in [3.05, 3.63) is 23.3 Å². The van der Waals surface area contributed by atoms with Gasteiger partial charge in [0.25, 0.3) is 0 Å². The van der Waals surface area contributed by atoms with Gasteiger partial charge in [-0.3, -0.25) is 14.8 Å². The van der Waals surface area contributed by atoms with Crippen molar-refractivity contribution in [1.82, 2.24) is 20.4 Å². The van der Waals surface area contributed by atoms with Crippen molar-refractivity contribution in [1.29, 1.82) is 0 Å². The molecular formula is C25H42IN5O2. The molecule has 186 valence electrons. The molecule has 2 aliphatic heterocycles. The van der Waals surface area contributed by atoms with Gasteiger partial charge in [0.15, 0.2) is 17.5 Å². The van der Waals surface area contributed by atoms with Gasteiger partial charge in [0.1, 0.15) is 0 Å². The summed E-state index contributed by atoms with van der Waals surface area (Å²) in [5.74, 6) is 2.60. The SMILES string of the molecule is CCNC(=NCCN1CCc2cc(OC)c(OC)cc2C1)NC1CCN(C2CCCC2)C1.I. The molecule has 1 atom stereocenters. The monoisotopic (exact) mass is 571 g/mol. The van der Waals surface area contributed by atoms with Crippen molar-refractivity contribution in [2.45, 2.75) is 64.1 Å². The zero-order valence-electron chi connectivity index (χ0n) is 20.6. The van der Waals surface area contributed by atoms with Gasteiger partial charge in [-0.1, -0.05) is 12.8 Å². The van der Waals surface area contributed by atoms with Crippen LogP contribution in [0.1, 0.15) is 50.2 Å². The summed E-state index contributed by atoms with van der Waals surface area (Å²) < 4.78 is 11.0. The molecule has 0 amide bonds. The molecule has 1 saturated carbocycles. The molecule has 1 unspecified atom stereocenters. The Labute approximate surface area is 216 Å². The highest BCUT2D eigenvalue weighted by atomic mass is 127. The van der Waals surface area contributed by atoms with Gasteiger partial charge >= 0.3 is 0 Å². The molecule has 4 rings (SSSR count). The summed E-state index contributed by atoms with van der Waals surface area (Å²) in [6, 6.07) is 5.60. The van der Waals surface area contributed by atoms with Crippen molar-refractivity contribution in [2.24, 2.45) is 4.99 Å². The first-order valence-corrected chi connectivity index (χ1v) is 12.4. The molecule has 1 saturated heterocycles. The number of hydrogen-bond donors (Lipinski definition) is 2. The summed E-state index contributed by atoms with van der Waals surface area (Å²) in [6.07, 6.45) is 7.85. The van der Waals surface area contributed by atoms with E-state index in [0.717, 1.165) is 69.2 Å². The van der Waals surface area contributed by atoms with Crippen LogP contribution in [-0.2, 0) is 13.0 Å². The average molecular weight is 572 g/mol. The maximum atomic E-state index is 5.49. The molecule has 0 aromatic heterocycles. The Morgan fingerprint density at radius 2 is 1.79 bits per heavy atom. The molecule has 0 bridgehead atoms. The second-order valence-electron chi connectivity index (χ2n) is 9.33. The number of rotatable bonds is 8. The third-order valence-corrected chi connectivity index (χ3v) is 7.23. The maximum Gasteiger partial charge on any atom is 0.191 e. The van der Waals surface area contributed by atoms with E-state index in [1.807, 2.05) is 0 Å². The maximum absolute atomic E-state index is 5.49. The fourth-order valence-electron chi connectivity index (χ4n) is 5.46. The van der Waals surface area contributed by atoms with Crippen molar-refractivity contribution in [3.63, 3.8) is 0 Å². The highest BCUT2D eigenvalue weighted by Gasteiger charge is 2.30. The van der Waals surface area contributed by atoms with Crippen LogP contribution in [-0.4, -0.2) is 81.3 Å². The topological polar surface area (TPSA) is 61.4 Å². The van der Waals surface area contributed by atoms with E-state index in [0.29, 0.717) is 6.04 Å². The molecule has 0 spiro atoms. The Balaban J connectivity index is 0.00000306. The van der Waals surface area contributed by atoms with Gasteiger partial charge in [0.05, 0.1) is 20.8 Å². The lowest BCUT2D eigenvalue weighted by molar-refractivity contribution is 0.242. The fraction of sp³-hybridized carbons (Fsp3) is 0.720. The summed E-state index contributed by atoms with van der Waals surface area (Å²) in [4.78, 5) is 10.1. The number of hydrogen-bond acceptors (Lipinski definition) is 5. The molecule has 8 heteroatoms. The van der Waals surface area contributed by atoms with Gasteiger partial charge in [-0.2, -0.15) is 0 Å². The van der Waals surface area contributed by atoms with Gasteiger partial charge in [-0.15, -0.1) is 24.0 Å². The van der Waals surface area contributed by atoms with E-state index in [9.17, 15) is 0 Å². The van der Waals surface area contributed by atoms with Crippen LogP contribution in [0.15, 0.2) is 17.1 Å². The molecule has 1 aromatic rings. The number of methoxy groups -OCH3 is 2.